The number of nitrogens with zero attached hydrogens (tertiary/aromatic N) is 3. The zero-order valence-corrected chi connectivity index (χ0v) is 24.0. The molecule has 0 aliphatic rings. The van der Waals surface area contributed by atoms with Crippen LogP contribution < -0.4 is 29.6 Å². The van der Waals surface area contributed by atoms with Crippen molar-refractivity contribution in [2.45, 2.75) is 33.6 Å². The van der Waals surface area contributed by atoms with Crippen LogP contribution in [-0.4, -0.2) is 43.2 Å². The first kappa shape index (κ1) is 30.5. The van der Waals surface area contributed by atoms with Crippen molar-refractivity contribution in [2.75, 3.05) is 32.7 Å². The smallest absolute Gasteiger partial charge is 0.257 e. The van der Waals surface area contributed by atoms with Gasteiger partial charge in [-0.1, -0.05) is 39.3 Å². The molecule has 2 heterocycles. The second-order valence-electron chi connectivity index (χ2n) is 8.40. The van der Waals surface area contributed by atoms with Gasteiger partial charge in [0.1, 0.15) is 17.6 Å². The van der Waals surface area contributed by atoms with E-state index >= 15 is 0 Å². The molecule has 4 aromatic rings. The average molecular weight is 558 g/mol. The van der Waals surface area contributed by atoms with Crippen molar-refractivity contribution in [1.82, 2.24) is 15.3 Å². The Kier molecular flexibility index (Phi) is 11.5. The lowest BCUT2D eigenvalue weighted by molar-refractivity contribution is -0.122. The summed E-state index contributed by atoms with van der Waals surface area (Å²) in [5.41, 5.74) is 1.56. The van der Waals surface area contributed by atoms with E-state index in [2.05, 4.69) is 33.6 Å². The minimum atomic E-state index is -0.250. The van der Waals surface area contributed by atoms with Crippen LogP contribution in [-0.2, 0) is 4.79 Å². The minimum absolute atomic E-state index is 0.129. The van der Waals surface area contributed by atoms with E-state index in [0.29, 0.717) is 63.3 Å². The van der Waals surface area contributed by atoms with E-state index in [1.807, 2.05) is 19.9 Å². The number of rotatable bonds is 12. The number of methoxy groups -OCH3 is 1. The third-order valence-corrected chi connectivity index (χ3v) is 5.73. The van der Waals surface area contributed by atoms with E-state index in [4.69, 9.17) is 18.9 Å². The number of anilines is 2. The number of amides is 1. The number of hydrogen-bond acceptors (Lipinski definition) is 9. The molecule has 2 aromatic heterocycles. The quantitative estimate of drug-likeness (QED) is 0.191. The van der Waals surface area contributed by atoms with Gasteiger partial charge in [-0.2, -0.15) is 5.26 Å². The Morgan fingerprint density at radius 2 is 1.76 bits per heavy atom. The highest BCUT2D eigenvalue weighted by molar-refractivity contribution is 5.97. The number of nitriles is 1. The lowest BCUT2D eigenvalue weighted by Gasteiger charge is -2.15. The molecule has 0 spiro atoms. The molecular formula is C31H35N5O5. The Morgan fingerprint density at radius 1 is 0.976 bits per heavy atom. The summed E-state index contributed by atoms with van der Waals surface area (Å²) in [5.74, 6) is 2.73. The van der Waals surface area contributed by atoms with Crippen LogP contribution >= 0.6 is 0 Å². The third kappa shape index (κ3) is 7.99. The van der Waals surface area contributed by atoms with Crippen LogP contribution in [0, 0.1) is 11.3 Å². The van der Waals surface area contributed by atoms with Gasteiger partial charge in [0.05, 0.1) is 36.7 Å². The fourth-order valence-corrected chi connectivity index (χ4v) is 3.66. The molecule has 0 aliphatic carbocycles. The summed E-state index contributed by atoms with van der Waals surface area (Å²) in [7, 11) is 3.12. The van der Waals surface area contributed by atoms with Crippen molar-refractivity contribution >= 4 is 28.3 Å². The fraction of sp³-hybridized carbons (Fsp3) is 0.290. The SMILES string of the molecule is CC.CCCCOc1cc2ncc(C#N)c(Nc3ccc(Oc4ccccc4OCC(=O)NC)cn3)c2cc1OC. The summed E-state index contributed by atoms with van der Waals surface area (Å²) < 4.78 is 22.9. The molecular weight excluding hydrogens is 522 g/mol. The lowest BCUT2D eigenvalue weighted by Crippen LogP contribution is -2.24. The monoisotopic (exact) mass is 557 g/mol. The van der Waals surface area contributed by atoms with E-state index in [9.17, 15) is 10.1 Å². The van der Waals surface area contributed by atoms with Gasteiger partial charge >= 0.3 is 0 Å². The van der Waals surface area contributed by atoms with Gasteiger partial charge in [-0.15, -0.1) is 0 Å². The highest BCUT2D eigenvalue weighted by atomic mass is 16.5. The van der Waals surface area contributed by atoms with Crippen molar-refractivity contribution in [3.63, 3.8) is 0 Å². The van der Waals surface area contributed by atoms with E-state index in [0.717, 1.165) is 12.8 Å². The number of carbonyl (C=O) groups excluding carboxylic acids is 1. The second-order valence-corrected chi connectivity index (χ2v) is 8.40. The van der Waals surface area contributed by atoms with Crippen LogP contribution in [0.5, 0.6) is 28.7 Å². The van der Waals surface area contributed by atoms with Crippen molar-refractivity contribution in [2.24, 2.45) is 0 Å². The number of hydrogen-bond donors (Lipinski definition) is 2. The van der Waals surface area contributed by atoms with Crippen molar-refractivity contribution in [3.05, 3.63) is 66.5 Å². The fourth-order valence-electron chi connectivity index (χ4n) is 3.66. The Balaban J connectivity index is 0.00000226. The molecule has 2 aromatic carbocycles. The van der Waals surface area contributed by atoms with Crippen LogP contribution in [0.2, 0.25) is 0 Å². The van der Waals surface area contributed by atoms with E-state index in [1.54, 1.807) is 62.8 Å². The van der Waals surface area contributed by atoms with Crippen LogP contribution in [0.4, 0.5) is 11.5 Å². The Hall–Kier alpha value is -5.04. The van der Waals surface area contributed by atoms with Crippen molar-refractivity contribution in [3.8, 4) is 34.8 Å². The van der Waals surface area contributed by atoms with Gasteiger partial charge < -0.3 is 29.6 Å². The summed E-state index contributed by atoms with van der Waals surface area (Å²) in [6.45, 7) is 6.54. The Morgan fingerprint density at radius 3 is 2.41 bits per heavy atom. The number of aromatic nitrogens is 2. The molecule has 0 saturated heterocycles. The maximum atomic E-state index is 11.5. The molecule has 0 radical (unpaired) electrons. The Bertz CT molecular complexity index is 1490. The molecule has 4 rings (SSSR count). The summed E-state index contributed by atoms with van der Waals surface area (Å²) in [6.07, 6.45) is 5.01. The summed E-state index contributed by atoms with van der Waals surface area (Å²) >= 11 is 0. The number of para-hydroxylation sites is 2. The molecule has 10 nitrogen and oxygen atoms in total. The van der Waals surface area contributed by atoms with E-state index in [1.165, 1.54) is 6.20 Å². The molecule has 214 valence electrons. The topological polar surface area (TPSA) is 128 Å². The third-order valence-electron chi connectivity index (χ3n) is 5.73. The molecule has 0 fully saturated rings. The molecule has 0 atom stereocenters. The van der Waals surface area contributed by atoms with Crippen molar-refractivity contribution < 1.29 is 23.7 Å². The molecule has 41 heavy (non-hydrogen) atoms. The van der Waals surface area contributed by atoms with Gasteiger partial charge in [0.15, 0.2) is 29.6 Å². The first-order chi connectivity index (χ1) is 20.1. The van der Waals surface area contributed by atoms with Crippen molar-refractivity contribution in [1.29, 1.82) is 5.26 Å². The maximum absolute atomic E-state index is 11.5. The van der Waals surface area contributed by atoms with Gasteiger partial charge in [-0.3, -0.25) is 9.78 Å². The molecule has 10 heteroatoms. The number of pyridine rings is 2. The summed E-state index contributed by atoms with van der Waals surface area (Å²) in [6, 6.07) is 16.3. The van der Waals surface area contributed by atoms with Crippen LogP contribution in [0.25, 0.3) is 10.9 Å². The van der Waals surface area contributed by atoms with Crippen LogP contribution in [0.1, 0.15) is 39.2 Å². The number of fused-ring (bicyclic) bond motifs is 1. The normalized spacial score (nSPS) is 10.0. The second kappa shape index (κ2) is 15.5. The number of nitrogens with one attached hydrogen (secondary N) is 2. The first-order valence-corrected chi connectivity index (χ1v) is 13.4. The van der Waals surface area contributed by atoms with Gasteiger partial charge in [0.2, 0.25) is 0 Å². The maximum Gasteiger partial charge on any atom is 0.257 e. The number of carbonyl (C=O) groups is 1. The predicted molar refractivity (Wildman–Crippen MR) is 158 cm³/mol. The molecule has 0 bridgehead atoms. The van der Waals surface area contributed by atoms with Crippen LogP contribution in [0.3, 0.4) is 0 Å². The molecule has 0 aliphatic heterocycles. The Labute approximate surface area is 240 Å². The molecule has 0 saturated carbocycles. The first-order valence-electron chi connectivity index (χ1n) is 13.4. The largest absolute Gasteiger partial charge is 0.493 e. The zero-order valence-electron chi connectivity index (χ0n) is 24.0. The highest BCUT2D eigenvalue weighted by Gasteiger charge is 2.15. The van der Waals surface area contributed by atoms with Gasteiger partial charge in [0, 0.05) is 24.7 Å². The van der Waals surface area contributed by atoms with Crippen LogP contribution in [0.15, 0.2) is 60.9 Å². The molecule has 1 amide bonds. The lowest BCUT2D eigenvalue weighted by atomic mass is 10.1. The van der Waals surface area contributed by atoms with E-state index in [-0.39, 0.29) is 12.5 Å². The van der Waals surface area contributed by atoms with Gasteiger partial charge in [-0.25, -0.2) is 4.98 Å². The highest BCUT2D eigenvalue weighted by Crippen LogP contribution is 2.37. The predicted octanol–water partition coefficient (Wildman–Crippen LogP) is 6.38. The standard InChI is InChI=1S/C29H29N5O5.C2H6/c1-4-5-12-37-26-14-22-21(13-25(26)36-3)29(19(15-30)16-32-22)34-27-11-10-20(17-33-27)39-24-9-7-6-8-23(24)38-18-28(35)31-2;1-2/h6-11,13-14,16-17H,4-5,12,18H2,1-3H3,(H,31,35)(H,32,33,34);1-2H3. The number of unbranched alkanes of at least 4 members (excludes halogenated alkanes) is 1. The average Bonchev–Trinajstić information content (AvgIpc) is 3.02. The summed E-state index contributed by atoms with van der Waals surface area (Å²) in [5, 5.41) is 16.2. The van der Waals surface area contributed by atoms with Gasteiger partial charge in [-0.05, 0) is 36.8 Å². The van der Waals surface area contributed by atoms with Gasteiger partial charge in [0.25, 0.3) is 5.91 Å². The minimum Gasteiger partial charge on any atom is -0.493 e. The summed E-state index contributed by atoms with van der Waals surface area (Å²) in [4.78, 5) is 20.4. The zero-order chi connectivity index (χ0) is 29.6. The number of ether oxygens (including phenoxy) is 4. The molecule has 0 unspecified atom stereocenters. The van der Waals surface area contributed by atoms with E-state index < -0.39 is 0 Å². The molecule has 2 N–H and O–H groups in total. The number of benzene rings is 2. The number of likely N-dealkylation sites (N-methyl/N-ethyl adjacent to an activating group) is 1.